The molecular formula is C30H31Cl2F3KN3O6. The number of aryl methyl sites for hydroxylation is 2. The predicted molar refractivity (Wildman–Crippen MR) is 158 cm³/mol. The molecule has 0 saturated carbocycles. The molecule has 2 unspecified atom stereocenters. The van der Waals surface area contributed by atoms with Crippen molar-refractivity contribution in [2.24, 2.45) is 14.1 Å². The minimum atomic E-state index is -5.12. The SMILES string of the molecule is CC(C)(C)[O-].COC(=O)c1cc(Cl)cnc1Oc1ccc(C(C)C(O)(c2ccc3c(c2)n(C)c(=O)n3C)C(F)(F)F)c(Cl)c1.[K+]. The zero-order valence-corrected chi connectivity index (χ0v) is 30.6. The third-order valence-electron chi connectivity index (χ3n) is 6.65. The Hall–Kier alpha value is -1.94. The maximum atomic E-state index is 14.5. The number of rotatable bonds is 6. The minimum Gasteiger partial charge on any atom is -0.850 e. The molecule has 0 spiro atoms. The topological polar surface area (TPSA) is 119 Å². The maximum absolute atomic E-state index is 14.5. The number of aliphatic hydroxyl groups is 1. The van der Waals surface area contributed by atoms with E-state index in [1.54, 1.807) is 20.8 Å². The summed E-state index contributed by atoms with van der Waals surface area (Å²) in [4.78, 5) is 28.3. The average molecular weight is 697 g/mol. The molecule has 9 nitrogen and oxygen atoms in total. The van der Waals surface area contributed by atoms with E-state index in [2.05, 4.69) is 4.98 Å². The summed E-state index contributed by atoms with van der Waals surface area (Å²) in [7, 11) is 4.10. The number of hydrogen-bond acceptors (Lipinski definition) is 7. The second-order valence-electron chi connectivity index (χ2n) is 11.0. The number of nitrogens with zero attached hydrogens (tertiary/aromatic N) is 3. The molecule has 45 heavy (non-hydrogen) atoms. The summed E-state index contributed by atoms with van der Waals surface area (Å²) < 4.78 is 56.5. The first-order chi connectivity index (χ1) is 20.2. The smallest absolute Gasteiger partial charge is 0.850 e. The van der Waals surface area contributed by atoms with Crippen molar-refractivity contribution in [3.63, 3.8) is 0 Å². The van der Waals surface area contributed by atoms with Crippen LogP contribution in [0.1, 0.15) is 55.1 Å². The molecule has 0 radical (unpaired) electrons. The molecule has 2 atom stereocenters. The van der Waals surface area contributed by atoms with Gasteiger partial charge in [0.25, 0.3) is 0 Å². The molecule has 1 N–H and O–H groups in total. The number of alkyl halides is 3. The van der Waals surface area contributed by atoms with Crippen LogP contribution in [0.4, 0.5) is 13.2 Å². The second-order valence-corrected chi connectivity index (χ2v) is 11.8. The number of methoxy groups -OCH3 is 1. The van der Waals surface area contributed by atoms with E-state index in [0.717, 1.165) is 19.2 Å². The molecule has 2 heterocycles. The third-order valence-corrected chi connectivity index (χ3v) is 7.18. The van der Waals surface area contributed by atoms with Crippen molar-refractivity contribution < 1.29 is 89.0 Å². The summed E-state index contributed by atoms with van der Waals surface area (Å²) >= 11 is 12.3. The van der Waals surface area contributed by atoms with Crippen LogP contribution >= 0.6 is 23.2 Å². The van der Waals surface area contributed by atoms with Crippen LogP contribution < -0.4 is 66.9 Å². The Bertz CT molecular complexity index is 1750. The van der Waals surface area contributed by atoms with Crippen molar-refractivity contribution in [3.8, 4) is 11.6 Å². The molecule has 238 valence electrons. The average Bonchev–Trinajstić information content (AvgIpc) is 3.14. The molecule has 15 heteroatoms. The van der Waals surface area contributed by atoms with Gasteiger partial charge in [0.2, 0.25) is 5.88 Å². The van der Waals surface area contributed by atoms with Gasteiger partial charge in [0, 0.05) is 31.2 Å². The quantitative estimate of drug-likeness (QED) is 0.244. The number of carbonyl (C=O) groups is 1. The summed E-state index contributed by atoms with van der Waals surface area (Å²) in [6.45, 7) is 6.09. The van der Waals surface area contributed by atoms with Gasteiger partial charge in [-0.05, 0) is 41.5 Å². The van der Waals surface area contributed by atoms with Gasteiger partial charge in [-0.2, -0.15) is 13.2 Å². The van der Waals surface area contributed by atoms with Crippen molar-refractivity contribution in [1.82, 2.24) is 14.1 Å². The molecule has 0 saturated heterocycles. The number of halogens is 5. The molecule has 0 amide bonds. The molecule has 4 rings (SSSR count). The van der Waals surface area contributed by atoms with Crippen LogP contribution in [0.5, 0.6) is 11.6 Å². The predicted octanol–water partition coefficient (Wildman–Crippen LogP) is 2.86. The second kappa shape index (κ2) is 14.9. The summed E-state index contributed by atoms with van der Waals surface area (Å²) in [5.41, 5.74) is -4.46. The molecular weight excluding hydrogens is 665 g/mol. The third kappa shape index (κ3) is 8.70. The van der Waals surface area contributed by atoms with Crippen LogP contribution in [-0.4, -0.2) is 44.1 Å². The van der Waals surface area contributed by atoms with Crippen molar-refractivity contribution in [2.75, 3.05) is 7.11 Å². The van der Waals surface area contributed by atoms with Crippen LogP contribution in [0.25, 0.3) is 11.0 Å². The van der Waals surface area contributed by atoms with Gasteiger partial charge in [-0.1, -0.05) is 63.0 Å². The van der Waals surface area contributed by atoms with Crippen LogP contribution in [0.15, 0.2) is 53.5 Å². The van der Waals surface area contributed by atoms with Gasteiger partial charge in [0.15, 0.2) is 5.60 Å². The van der Waals surface area contributed by atoms with E-state index in [1.165, 1.54) is 66.7 Å². The van der Waals surface area contributed by atoms with E-state index in [1.807, 2.05) is 0 Å². The van der Waals surface area contributed by atoms with Gasteiger partial charge < -0.3 is 19.7 Å². The van der Waals surface area contributed by atoms with Gasteiger partial charge in [-0.3, -0.25) is 9.13 Å². The fourth-order valence-electron chi connectivity index (χ4n) is 4.43. The number of pyridine rings is 1. The minimum absolute atomic E-state index is 0. The van der Waals surface area contributed by atoms with Gasteiger partial charge >= 0.3 is 69.2 Å². The van der Waals surface area contributed by atoms with E-state index in [4.69, 9.17) is 32.7 Å². The van der Waals surface area contributed by atoms with E-state index in [9.17, 15) is 33.0 Å². The van der Waals surface area contributed by atoms with E-state index < -0.39 is 40.5 Å². The molecule has 0 aliphatic heterocycles. The number of esters is 1. The summed E-state index contributed by atoms with van der Waals surface area (Å²) in [6, 6.07) is 8.78. The zero-order chi connectivity index (χ0) is 33.4. The Morgan fingerprint density at radius 3 is 2.13 bits per heavy atom. The first-order valence-corrected chi connectivity index (χ1v) is 13.8. The first-order valence-electron chi connectivity index (χ1n) is 13.1. The molecule has 0 bridgehead atoms. The number of benzene rings is 2. The van der Waals surface area contributed by atoms with Crippen molar-refractivity contribution in [2.45, 2.75) is 51.0 Å². The fourth-order valence-corrected chi connectivity index (χ4v) is 4.92. The van der Waals surface area contributed by atoms with E-state index in [-0.39, 0.29) is 89.7 Å². The number of carbonyl (C=O) groups excluding carboxylic acids is 1. The van der Waals surface area contributed by atoms with Gasteiger partial charge in [-0.15, -0.1) is 5.60 Å². The first kappa shape index (κ1) is 39.2. The van der Waals surface area contributed by atoms with Crippen LogP contribution in [0, 0.1) is 0 Å². The summed E-state index contributed by atoms with van der Waals surface area (Å²) in [5, 5.41) is 21.4. The summed E-state index contributed by atoms with van der Waals surface area (Å²) in [5.74, 6) is -2.44. The standard InChI is InChI=1S/C26H22Cl2F3N3O5.C4H9O.K/c1-13(25(37,26(29,30)31)14-5-8-20-21(9-14)34(3)24(36)33(20)2)17-7-6-16(11-19(17)28)39-22-18(23(35)38-4)10-15(27)12-32-22;1-4(2,3)5;/h5-13,37H,1-4H3;1-3H3;/q;-1;+1. The van der Waals surface area contributed by atoms with Gasteiger partial charge in [-0.25, -0.2) is 14.6 Å². The Morgan fingerprint density at radius 1 is 1.02 bits per heavy atom. The van der Waals surface area contributed by atoms with Crippen LogP contribution in [0.2, 0.25) is 10.0 Å². The van der Waals surface area contributed by atoms with Crippen LogP contribution in [-0.2, 0) is 24.4 Å². The van der Waals surface area contributed by atoms with Crippen molar-refractivity contribution in [3.05, 3.63) is 85.9 Å². The Labute approximate surface area is 310 Å². The number of hydrogen-bond donors (Lipinski definition) is 1. The van der Waals surface area contributed by atoms with Gasteiger partial charge in [0.05, 0.1) is 23.2 Å². The van der Waals surface area contributed by atoms with E-state index >= 15 is 0 Å². The Morgan fingerprint density at radius 2 is 1.60 bits per heavy atom. The fraction of sp³-hybridized carbons (Fsp3) is 0.367. The molecule has 0 aliphatic rings. The zero-order valence-electron chi connectivity index (χ0n) is 25.9. The van der Waals surface area contributed by atoms with Gasteiger partial charge in [0.1, 0.15) is 11.3 Å². The summed E-state index contributed by atoms with van der Waals surface area (Å²) in [6.07, 6.45) is -3.88. The molecule has 0 fully saturated rings. The molecule has 4 aromatic rings. The molecule has 2 aromatic carbocycles. The normalized spacial score (nSPS) is 13.6. The number of imidazole rings is 1. The van der Waals surface area contributed by atoms with E-state index in [0.29, 0.717) is 5.52 Å². The maximum Gasteiger partial charge on any atom is 1.00 e. The van der Waals surface area contributed by atoms with Crippen molar-refractivity contribution >= 4 is 40.2 Å². The monoisotopic (exact) mass is 695 g/mol. The Kier molecular flexibility index (Phi) is 13.0. The molecule has 0 aliphatic carbocycles. The number of aromatic nitrogens is 3. The Balaban J connectivity index is 0.00000109. The van der Waals surface area contributed by atoms with Crippen molar-refractivity contribution in [1.29, 1.82) is 0 Å². The largest absolute Gasteiger partial charge is 1.00 e. The number of fused-ring (bicyclic) bond motifs is 1. The van der Waals surface area contributed by atoms with Crippen LogP contribution in [0.3, 0.4) is 0 Å². The molecule has 2 aromatic heterocycles. The number of ether oxygens (including phenoxy) is 2.